The maximum atomic E-state index is 13.1. The quantitative estimate of drug-likeness (QED) is 0.685. The topological polar surface area (TPSA) is 78.1 Å². The van der Waals surface area contributed by atoms with Gasteiger partial charge in [-0.2, -0.15) is 13.2 Å². The number of nitrogens with one attached hydrogen (secondary N) is 2. The molecule has 2 aromatic carbocycles. The van der Waals surface area contributed by atoms with Gasteiger partial charge in [0.05, 0.1) is 28.5 Å². The van der Waals surface area contributed by atoms with Crippen LogP contribution in [0.15, 0.2) is 48.8 Å². The van der Waals surface area contributed by atoms with Crippen LogP contribution in [-0.4, -0.2) is 45.8 Å². The molecule has 1 aromatic heterocycles. The molecule has 3 aromatic rings. The minimum Gasteiger partial charge on any atom is -0.349 e. The predicted octanol–water partition coefficient (Wildman–Crippen LogP) is 3.62. The fourth-order valence-corrected chi connectivity index (χ4v) is 3.67. The second-order valence-corrected chi connectivity index (χ2v) is 7.22. The van der Waals surface area contributed by atoms with E-state index in [1.54, 1.807) is 29.4 Å². The highest BCUT2D eigenvalue weighted by atomic mass is 19.4. The van der Waals surface area contributed by atoms with E-state index < -0.39 is 23.2 Å². The molecule has 6 nitrogen and oxygen atoms in total. The van der Waals surface area contributed by atoms with E-state index in [4.69, 9.17) is 0 Å². The van der Waals surface area contributed by atoms with E-state index in [0.29, 0.717) is 31.5 Å². The van der Waals surface area contributed by atoms with Crippen LogP contribution >= 0.6 is 0 Å². The maximum absolute atomic E-state index is 13.1. The highest BCUT2D eigenvalue weighted by Crippen LogP contribution is 2.32. The van der Waals surface area contributed by atoms with E-state index in [0.717, 1.165) is 17.1 Å². The lowest BCUT2D eigenvalue weighted by Crippen LogP contribution is -2.46. The molecule has 4 rings (SSSR count). The SMILES string of the molecule is O=C(NC1CCN(C(=O)c2ccc3nc[nH]c3c2)CC1)c1ccccc1C(F)(F)F. The van der Waals surface area contributed by atoms with Crippen molar-refractivity contribution in [1.29, 1.82) is 0 Å². The summed E-state index contributed by atoms with van der Waals surface area (Å²) in [4.78, 5) is 33.9. The van der Waals surface area contributed by atoms with Gasteiger partial charge in [-0.05, 0) is 43.2 Å². The zero-order chi connectivity index (χ0) is 21.3. The number of halogens is 3. The summed E-state index contributed by atoms with van der Waals surface area (Å²) in [6.45, 7) is 0.817. The second kappa shape index (κ2) is 7.81. The van der Waals surface area contributed by atoms with Crippen LogP contribution in [0.2, 0.25) is 0 Å². The molecule has 30 heavy (non-hydrogen) atoms. The molecule has 2 N–H and O–H groups in total. The smallest absolute Gasteiger partial charge is 0.349 e. The number of aromatic amines is 1. The number of rotatable bonds is 3. The average molecular weight is 416 g/mol. The predicted molar refractivity (Wildman–Crippen MR) is 104 cm³/mol. The monoisotopic (exact) mass is 416 g/mol. The third kappa shape index (κ3) is 4.00. The summed E-state index contributed by atoms with van der Waals surface area (Å²) < 4.78 is 39.4. The zero-order valence-electron chi connectivity index (χ0n) is 15.9. The number of alkyl halides is 3. The number of likely N-dealkylation sites (tertiary alicyclic amines) is 1. The van der Waals surface area contributed by atoms with Gasteiger partial charge in [-0.3, -0.25) is 9.59 Å². The lowest BCUT2D eigenvalue weighted by molar-refractivity contribution is -0.137. The molecule has 0 spiro atoms. The van der Waals surface area contributed by atoms with Gasteiger partial charge in [0.2, 0.25) is 0 Å². The molecule has 0 saturated carbocycles. The molecule has 0 aliphatic carbocycles. The molecule has 2 heterocycles. The van der Waals surface area contributed by atoms with Crippen LogP contribution in [0.3, 0.4) is 0 Å². The zero-order valence-corrected chi connectivity index (χ0v) is 15.9. The number of benzene rings is 2. The molecule has 1 fully saturated rings. The number of imidazole rings is 1. The normalized spacial score (nSPS) is 15.4. The van der Waals surface area contributed by atoms with Crippen molar-refractivity contribution in [2.75, 3.05) is 13.1 Å². The first-order valence-electron chi connectivity index (χ1n) is 9.52. The van der Waals surface area contributed by atoms with Crippen molar-refractivity contribution in [3.63, 3.8) is 0 Å². The van der Waals surface area contributed by atoms with Crippen molar-refractivity contribution in [3.8, 4) is 0 Å². The van der Waals surface area contributed by atoms with E-state index in [9.17, 15) is 22.8 Å². The second-order valence-electron chi connectivity index (χ2n) is 7.22. The molecular formula is C21H19F3N4O2. The van der Waals surface area contributed by atoms with Crippen molar-refractivity contribution < 1.29 is 22.8 Å². The Morgan fingerprint density at radius 2 is 1.83 bits per heavy atom. The molecule has 1 aliphatic heterocycles. The minimum absolute atomic E-state index is 0.126. The Kier molecular flexibility index (Phi) is 5.19. The Labute approximate surface area is 170 Å². The highest BCUT2D eigenvalue weighted by molar-refractivity contribution is 5.97. The number of nitrogens with zero attached hydrogens (tertiary/aromatic N) is 2. The van der Waals surface area contributed by atoms with Gasteiger partial charge < -0.3 is 15.2 Å². The summed E-state index contributed by atoms with van der Waals surface area (Å²) in [6.07, 6.45) is -2.10. The Hall–Kier alpha value is -3.36. The van der Waals surface area contributed by atoms with Gasteiger partial charge in [-0.25, -0.2) is 4.98 Å². The van der Waals surface area contributed by atoms with Gasteiger partial charge in [0.15, 0.2) is 0 Å². The van der Waals surface area contributed by atoms with Gasteiger partial charge in [-0.1, -0.05) is 12.1 Å². The van der Waals surface area contributed by atoms with Crippen LogP contribution < -0.4 is 5.32 Å². The molecule has 1 saturated heterocycles. The van der Waals surface area contributed by atoms with Crippen molar-refractivity contribution in [1.82, 2.24) is 20.2 Å². The molecule has 1 aliphatic rings. The summed E-state index contributed by atoms with van der Waals surface area (Å²) in [5.41, 5.74) is 0.729. The lowest BCUT2D eigenvalue weighted by Gasteiger charge is -2.32. The van der Waals surface area contributed by atoms with E-state index >= 15 is 0 Å². The Balaban J connectivity index is 1.38. The summed E-state index contributed by atoms with van der Waals surface area (Å²) in [6, 6.07) is 9.66. The fraction of sp³-hybridized carbons (Fsp3) is 0.286. The first-order chi connectivity index (χ1) is 14.3. The number of H-pyrrole nitrogens is 1. The Morgan fingerprint density at radius 1 is 1.10 bits per heavy atom. The third-order valence-corrected chi connectivity index (χ3v) is 5.26. The van der Waals surface area contributed by atoms with Crippen molar-refractivity contribution >= 4 is 22.8 Å². The van der Waals surface area contributed by atoms with Crippen molar-refractivity contribution in [2.24, 2.45) is 0 Å². The molecular weight excluding hydrogens is 397 g/mol. The summed E-state index contributed by atoms with van der Waals surface area (Å²) in [5, 5.41) is 2.68. The molecule has 0 bridgehead atoms. The number of hydrogen-bond acceptors (Lipinski definition) is 3. The van der Waals surface area contributed by atoms with Crippen LogP contribution in [0.5, 0.6) is 0 Å². The number of amides is 2. The number of hydrogen-bond donors (Lipinski definition) is 2. The van der Waals surface area contributed by atoms with Gasteiger partial charge in [0.25, 0.3) is 11.8 Å². The number of aromatic nitrogens is 2. The summed E-state index contributed by atoms with van der Waals surface area (Å²) in [5.74, 6) is -0.879. The molecule has 9 heteroatoms. The van der Waals surface area contributed by atoms with Gasteiger partial charge in [-0.15, -0.1) is 0 Å². The summed E-state index contributed by atoms with van der Waals surface area (Å²) in [7, 11) is 0. The molecule has 0 radical (unpaired) electrons. The van der Waals surface area contributed by atoms with Gasteiger partial charge >= 0.3 is 6.18 Å². The number of piperidine rings is 1. The standard InChI is InChI=1S/C21H19F3N4O2/c22-21(23,24)16-4-2-1-3-15(16)19(29)27-14-7-9-28(10-8-14)20(30)13-5-6-17-18(11-13)26-12-25-17/h1-6,11-12,14H,7-10H2,(H,25,26)(H,27,29). The van der Waals surface area contributed by atoms with E-state index in [2.05, 4.69) is 15.3 Å². The van der Waals surface area contributed by atoms with Crippen LogP contribution in [0.25, 0.3) is 11.0 Å². The van der Waals surface area contributed by atoms with Gasteiger partial charge in [0, 0.05) is 24.7 Å². The molecule has 2 amide bonds. The number of fused-ring (bicyclic) bond motifs is 1. The molecule has 156 valence electrons. The fourth-order valence-electron chi connectivity index (χ4n) is 3.67. The highest BCUT2D eigenvalue weighted by Gasteiger charge is 2.35. The van der Waals surface area contributed by atoms with Gasteiger partial charge in [0.1, 0.15) is 0 Å². The van der Waals surface area contributed by atoms with Crippen LogP contribution in [0.1, 0.15) is 39.1 Å². The number of carbonyl (C=O) groups is 2. The number of carbonyl (C=O) groups excluding carboxylic acids is 2. The largest absolute Gasteiger partial charge is 0.417 e. The van der Waals surface area contributed by atoms with Crippen LogP contribution in [0, 0.1) is 0 Å². The first-order valence-corrected chi connectivity index (χ1v) is 9.52. The van der Waals surface area contributed by atoms with Crippen molar-refractivity contribution in [3.05, 3.63) is 65.5 Å². The molecule has 0 unspecified atom stereocenters. The third-order valence-electron chi connectivity index (χ3n) is 5.26. The lowest BCUT2D eigenvalue weighted by atomic mass is 10.0. The van der Waals surface area contributed by atoms with E-state index in [1.807, 2.05) is 0 Å². The summed E-state index contributed by atoms with van der Waals surface area (Å²) >= 11 is 0. The first kappa shape index (κ1) is 19.9. The maximum Gasteiger partial charge on any atom is 0.417 e. The Morgan fingerprint density at radius 3 is 2.57 bits per heavy atom. The van der Waals surface area contributed by atoms with Crippen LogP contribution in [0.4, 0.5) is 13.2 Å². The Bertz CT molecular complexity index is 1090. The van der Waals surface area contributed by atoms with E-state index in [-0.39, 0.29) is 11.9 Å². The molecule has 0 atom stereocenters. The van der Waals surface area contributed by atoms with E-state index in [1.165, 1.54) is 18.2 Å². The minimum atomic E-state index is -4.60. The average Bonchev–Trinajstić information content (AvgIpc) is 3.21. The van der Waals surface area contributed by atoms with Crippen molar-refractivity contribution in [2.45, 2.75) is 25.1 Å². The van der Waals surface area contributed by atoms with Crippen LogP contribution in [-0.2, 0) is 6.18 Å².